The van der Waals surface area contributed by atoms with Gasteiger partial charge in [0.1, 0.15) is 0 Å². The van der Waals surface area contributed by atoms with E-state index in [4.69, 9.17) is 0 Å². The second-order valence-corrected chi connectivity index (χ2v) is 8.25. The van der Waals surface area contributed by atoms with Crippen molar-refractivity contribution in [3.63, 3.8) is 0 Å². The number of carbonyl (C=O) groups excluding carboxylic acids is 1. The molecule has 2 amide bonds. The van der Waals surface area contributed by atoms with E-state index >= 15 is 0 Å². The van der Waals surface area contributed by atoms with Crippen LogP contribution in [-0.2, 0) is 9.84 Å². The number of nitrogens with zero attached hydrogens (tertiary/aromatic N) is 2. The molecule has 1 aromatic rings. The standard InChI is InChI=1S/C12H19N3O3S2/c1-9(11-14-10(2)8-19-11)7-13-12(16)15-3-5-20(17,18)6-4-15/h8-9H,3-7H2,1-2H3,(H,13,16)/t9-/m0/s1. The fraction of sp³-hybridized carbons (Fsp3) is 0.667. The van der Waals surface area contributed by atoms with Crippen molar-refractivity contribution in [3.05, 3.63) is 16.1 Å². The molecule has 0 bridgehead atoms. The molecule has 0 saturated carbocycles. The van der Waals surface area contributed by atoms with Crippen LogP contribution in [0.2, 0.25) is 0 Å². The van der Waals surface area contributed by atoms with Crippen LogP contribution in [0.15, 0.2) is 5.38 Å². The van der Waals surface area contributed by atoms with E-state index in [2.05, 4.69) is 10.3 Å². The Morgan fingerprint density at radius 3 is 2.70 bits per heavy atom. The molecule has 2 rings (SSSR count). The normalized spacial score (nSPS) is 19.6. The Morgan fingerprint density at radius 1 is 1.50 bits per heavy atom. The largest absolute Gasteiger partial charge is 0.337 e. The number of rotatable bonds is 3. The van der Waals surface area contributed by atoms with Crippen molar-refractivity contribution >= 4 is 27.2 Å². The summed E-state index contributed by atoms with van der Waals surface area (Å²) in [5.74, 6) is 0.273. The van der Waals surface area contributed by atoms with E-state index < -0.39 is 9.84 Å². The summed E-state index contributed by atoms with van der Waals surface area (Å²) >= 11 is 1.59. The molecule has 0 aromatic carbocycles. The van der Waals surface area contributed by atoms with Crippen LogP contribution in [0.1, 0.15) is 23.5 Å². The summed E-state index contributed by atoms with van der Waals surface area (Å²) < 4.78 is 22.6. The molecule has 20 heavy (non-hydrogen) atoms. The SMILES string of the molecule is Cc1csc([C@@H](C)CNC(=O)N2CCS(=O)(=O)CC2)n1. The molecule has 1 N–H and O–H groups in total. The van der Waals surface area contributed by atoms with Crippen LogP contribution in [0.25, 0.3) is 0 Å². The first-order valence-electron chi connectivity index (χ1n) is 6.52. The molecule has 0 aliphatic carbocycles. The van der Waals surface area contributed by atoms with Gasteiger partial charge in [-0.2, -0.15) is 0 Å². The zero-order chi connectivity index (χ0) is 14.8. The number of thiazole rings is 1. The lowest BCUT2D eigenvalue weighted by atomic mass is 10.2. The number of hydrogen-bond donors (Lipinski definition) is 1. The Balaban J connectivity index is 1.81. The molecule has 0 unspecified atom stereocenters. The second-order valence-electron chi connectivity index (χ2n) is 5.05. The van der Waals surface area contributed by atoms with Crippen LogP contribution >= 0.6 is 11.3 Å². The van der Waals surface area contributed by atoms with Gasteiger partial charge in [0.05, 0.1) is 16.5 Å². The van der Waals surface area contributed by atoms with Crippen molar-refractivity contribution < 1.29 is 13.2 Å². The van der Waals surface area contributed by atoms with Crippen molar-refractivity contribution in [2.75, 3.05) is 31.1 Å². The van der Waals surface area contributed by atoms with E-state index in [1.807, 2.05) is 19.2 Å². The maximum atomic E-state index is 12.0. The lowest BCUT2D eigenvalue weighted by molar-refractivity contribution is 0.201. The van der Waals surface area contributed by atoms with Gasteiger partial charge in [0, 0.05) is 36.6 Å². The third-order valence-corrected chi connectivity index (χ3v) is 6.05. The van der Waals surface area contributed by atoms with E-state index in [1.54, 1.807) is 16.2 Å². The second kappa shape index (κ2) is 6.09. The summed E-state index contributed by atoms with van der Waals surface area (Å²) in [6, 6.07) is -0.194. The number of aryl methyl sites for hydroxylation is 1. The van der Waals surface area contributed by atoms with Gasteiger partial charge in [-0.15, -0.1) is 11.3 Å². The number of aromatic nitrogens is 1. The van der Waals surface area contributed by atoms with Crippen LogP contribution in [0.5, 0.6) is 0 Å². The average molecular weight is 317 g/mol. The Bertz CT molecular complexity index is 569. The fourth-order valence-corrected chi connectivity index (χ4v) is 4.01. The molecule has 112 valence electrons. The highest BCUT2D eigenvalue weighted by Gasteiger charge is 2.25. The topological polar surface area (TPSA) is 79.4 Å². The maximum Gasteiger partial charge on any atom is 0.317 e. The number of urea groups is 1. The molecule has 0 spiro atoms. The zero-order valence-electron chi connectivity index (χ0n) is 11.6. The van der Waals surface area contributed by atoms with Crippen molar-refractivity contribution in [2.24, 2.45) is 0 Å². The third-order valence-electron chi connectivity index (χ3n) is 3.25. The first kappa shape index (κ1) is 15.2. The van der Waals surface area contributed by atoms with Gasteiger partial charge in [0.15, 0.2) is 9.84 Å². The molecular formula is C12H19N3O3S2. The van der Waals surface area contributed by atoms with Gasteiger partial charge in [-0.3, -0.25) is 0 Å². The lowest BCUT2D eigenvalue weighted by Crippen LogP contribution is -2.48. The van der Waals surface area contributed by atoms with E-state index in [9.17, 15) is 13.2 Å². The fourth-order valence-electron chi connectivity index (χ4n) is 1.95. The Morgan fingerprint density at radius 2 is 2.15 bits per heavy atom. The molecule has 8 heteroatoms. The predicted octanol–water partition coefficient (Wildman–Crippen LogP) is 0.995. The van der Waals surface area contributed by atoms with Gasteiger partial charge in [-0.25, -0.2) is 18.2 Å². The third kappa shape index (κ3) is 3.92. The zero-order valence-corrected chi connectivity index (χ0v) is 13.3. The summed E-state index contributed by atoms with van der Waals surface area (Å²) in [5, 5.41) is 5.84. The summed E-state index contributed by atoms with van der Waals surface area (Å²) in [6.45, 7) is 5.02. The van der Waals surface area contributed by atoms with Gasteiger partial charge in [-0.05, 0) is 6.92 Å². The number of carbonyl (C=O) groups is 1. The van der Waals surface area contributed by atoms with Gasteiger partial charge in [0.2, 0.25) is 0 Å². The predicted molar refractivity (Wildman–Crippen MR) is 78.9 cm³/mol. The molecule has 1 saturated heterocycles. The molecule has 1 atom stereocenters. The highest BCUT2D eigenvalue weighted by Crippen LogP contribution is 2.18. The molecular weight excluding hydrogens is 298 g/mol. The van der Waals surface area contributed by atoms with Crippen LogP contribution in [0.3, 0.4) is 0 Å². The maximum absolute atomic E-state index is 12.0. The van der Waals surface area contributed by atoms with E-state index in [1.165, 1.54) is 0 Å². The van der Waals surface area contributed by atoms with Gasteiger partial charge in [-0.1, -0.05) is 6.92 Å². The Hall–Kier alpha value is -1.15. The summed E-state index contributed by atoms with van der Waals surface area (Å²) in [4.78, 5) is 17.9. The highest BCUT2D eigenvalue weighted by molar-refractivity contribution is 7.91. The first-order valence-corrected chi connectivity index (χ1v) is 9.23. The van der Waals surface area contributed by atoms with Crippen LogP contribution in [-0.4, -0.2) is 55.5 Å². The average Bonchev–Trinajstić information content (AvgIpc) is 2.82. The number of amides is 2. The van der Waals surface area contributed by atoms with Gasteiger partial charge < -0.3 is 10.2 Å². The van der Waals surface area contributed by atoms with Crippen LogP contribution < -0.4 is 5.32 Å². The summed E-state index contributed by atoms with van der Waals surface area (Å²) in [5.41, 5.74) is 0.990. The molecule has 0 radical (unpaired) electrons. The number of nitrogens with one attached hydrogen (secondary N) is 1. The van der Waals surface area contributed by atoms with E-state index in [0.29, 0.717) is 6.54 Å². The van der Waals surface area contributed by atoms with Crippen molar-refractivity contribution in [2.45, 2.75) is 19.8 Å². The molecule has 1 aliphatic heterocycles. The van der Waals surface area contributed by atoms with E-state index in [0.717, 1.165) is 10.7 Å². The minimum Gasteiger partial charge on any atom is -0.337 e. The monoisotopic (exact) mass is 317 g/mol. The molecule has 1 fully saturated rings. The molecule has 1 aromatic heterocycles. The highest BCUT2D eigenvalue weighted by atomic mass is 32.2. The number of hydrogen-bond acceptors (Lipinski definition) is 5. The minimum absolute atomic E-state index is 0.0572. The minimum atomic E-state index is -2.95. The van der Waals surface area contributed by atoms with Gasteiger partial charge in [0.25, 0.3) is 0 Å². The quantitative estimate of drug-likeness (QED) is 0.902. The van der Waals surface area contributed by atoms with Crippen molar-refractivity contribution in [1.29, 1.82) is 0 Å². The van der Waals surface area contributed by atoms with Gasteiger partial charge >= 0.3 is 6.03 Å². The number of sulfone groups is 1. The first-order chi connectivity index (χ1) is 9.37. The van der Waals surface area contributed by atoms with Crippen molar-refractivity contribution in [3.8, 4) is 0 Å². The molecule has 2 heterocycles. The summed E-state index contributed by atoms with van der Waals surface area (Å²) in [7, 11) is -2.95. The van der Waals surface area contributed by atoms with E-state index in [-0.39, 0.29) is 36.5 Å². The Labute approximate surface area is 123 Å². The van der Waals surface area contributed by atoms with Crippen LogP contribution in [0.4, 0.5) is 4.79 Å². The smallest absolute Gasteiger partial charge is 0.317 e. The Kier molecular flexibility index (Phi) is 4.64. The molecule has 1 aliphatic rings. The van der Waals surface area contributed by atoms with Crippen LogP contribution in [0, 0.1) is 6.92 Å². The summed E-state index contributed by atoms with van der Waals surface area (Å²) in [6.07, 6.45) is 0. The van der Waals surface area contributed by atoms with Crippen molar-refractivity contribution in [1.82, 2.24) is 15.2 Å². The lowest BCUT2D eigenvalue weighted by Gasteiger charge is -2.27. The molecule has 6 nitrogen and oxygen atoms in total.